The molecule has 0 aliphatic heterocycles. The SMILES string of the molecule is CCc1cnc(CCNC(=NC)NCCc2ccc(OC(F)(F)F)cc2)s1.I. The third-order valence-electron chi connectivity index (χ3n) is 3.67. The standard InChI is InChI=1S/C18H23F3N4OS.HI/c1-3-15-12-25-16(27-15)9-11-24-17(22-2)23-10-8-13-4-6-14(7-5-13)26-18(19,20)21;/h4-7,12H,3,8-11H2,1-2H3,(H2,22,23,24);1H. The van der Waals surface area contributed by atoms with Gasteiger partial charge in [0, 0.05) is 37.6 Å². The minimum Gasteiger partial charge on any atom is -0.406 e. The number of hydrogen-bond donors (Lipinski definition) is 2. The molecule has 0 aliphatic rings. The molecular formula is C18H24F3IN4OS. The normalized spacial score (nSPS) is 11.7. The molecule has 0 unspecified atom stereocenters. The average Bonchev–Trinajstić information content (AvgIpc) is 3.08. The van der Waals surface area contributed by atoms with Crippen molar-refractivity contribution in [3.8, 4) is 5.75 Å². The van der Waals surface area contributed by atoms with Crippen molar-refractivity contribution in [1.29, 1.82) is 0 Å². The van der Waals surface area contributed by atoms with Gasteiger partial charge < -0.3 is 15.4 Å². The number of guanidine groups is 1. The van der Waals surface area contributed by atoms with Gasteiger partial charge in [-0.05, 0) is 30.5 Å². The van der Waals surface area contributed by atoms with Crippen LogP contribution in [-0.2, 0) is 19.3 Å². The Bertz CT molecular complexity index is 735. The van der Waals surface area contributed by atoms with Gasteiger partial charge in [0.05, 0.1) is 5.01 Å². The van der Waals surface area contributed by atoms with E-state index in [1.807, 2.05) is 6.20 Å². The molecule has 0 bridgehead atoms. The summed E-state index contributed by atoms with van der Waals surface area (Å²) in [5.74, 6) is 0.462. The van der Waals surface area contributed by atoms with Crippen LogP contribution >= 0.6 is 35.3 Å². The van der Waals surface area contributed by atoms with Crippen LogP contribution in [0.5, 0.6) is 5.75 Å². The van der Waals surface area contributed by atoms with Gasteiger partial charge in [-0.2, -0.15) is 0 Å². The fraction of sp³-hybridized carbons (Fsp3) is 0.444. The van der Waals surface area contributed by atoms with Crippen molar-refractivity contribution < 1.29 is 17.9 Å². The summed E-state index contributed by atoms with van der Waals surface area (Å²) in [5.41, 5.74) is 0.905. The second-order valence-electron chi connectivity index (χ2n) is 5.69. The van der Waals surface area contributed by atoms with Gasteiger partial charge in [0.2, 0.25) is 0 Å². The van der Waals surface area contributed by atoms with Crippen molar-refractivity contribution in [3.05, 3.63) is 45.9 Å². The quantitative estimate of drug-likeness (QED) is 0.307. The first-order chi connectivity index (χ1) is 12.9. The van der Waals surface area contributed by atoms with Crippen molar-refractivity contribution in [1.82, 2.24) is 15.6 Å². The van der Waals surface area contributed by atoms with E-state index in [0.717, 1.165) is 30.0 Å². The van der Waals surface area contributed by atoms with Crippen LogP contribution in [-0.4, -0.2) is 37.4 Å². The lowest BCUT2D eigenvalue weighted by atomic mass is 10.1. The molecule has 0 amide bonds. The number of halogens is 4. The Balaban J connectivity index is 0.00000392. The van der Waals surface area contributed by atoms with Crippen LogP contribution in [0.25, 0.3) is 0 Å². The number of aromatic nitrogens is 1. The lowest BCUT2D eigenvalue weighted by molar-refractivity contribution is -0.274. The van der Waals surface area contributed by atoms with Crippen LogP contribution < -0.4 is 15.4 Å². The largest absolute Gasteiger partial charge is 0.573 e. The highest BCUT2D eigenvalue weighted by Crippen LogP contribution is 2.22. The molecule has 0 aliphatic carbocycles. The molecule has 0 radical (unpaired) electrons. The Morgan fingerprint density at radius 2 is 1.79 bits per heavy atom. The highest BCUT2D eigenvalue weighted by molar-refractivity contribution is 14.0. The maximum Gasteiger partial charge on any atom is 0.573 e. The van der Waals surface area contributed by atoms with E-state index in [-0.39, 0.29) is 29.7 Å². The summed E-state index contributed by atoms with van der Waals surface area (Å²) in [6.45, 7) is 3.44. The molecule has 10 heteroatoms. The number of rotatable bonds is 8. The third-order valence-corrected chi connectivity index (χ3v) is 4.87. The van der Waals surface area contributed by atoms with E-state index >= 15 is 0 Å². The summed E-state index contributed by atoms with van der Waals surface area (Å²) < 4.78 is 40.3. The summed E-state index contributed by atoms with van der Waals surface area (Å²) in [4.78, 5) is 9.81. The summed E-state index contributed by atoms with van der Waals surface area (Å²) in [5, 5.41) is 7.50. The number of nitrogens with zero attached hydrogens (tertiary/aromatic N) is 2. The fourth-order valence-corrected chi connectivity index (χ4v) is 3.18. The zero-order valence-electron chi connectivity index (χ0n) is 15.7. The Morgan fingerprint density at radius 1 is 1.14 bits per heavy atom. The zero-order chi connectivity index (χ0) is 19.7. The van der Waals surface area contributed by atoms with E-state index in [2.05, 4.69) is 32.3 Å². The molecule has 2 aromatic rings. The maximum atomic E-state index is 12.1. The van der Waals surface area contributed by atoms with Gasteiger partial charge in [0.15, 0.2) is 5.96 Å². The number of thiazole rings is 1. The number of aryl methyl sites for hydroxylation is 1. The molecule has 1 heterocycles. The predicted octanol–water partition coefficient (Wildman–Crippen LogP) is 4.17. The number of hydrogen-bond acceptors (Lipinski definition) is 4. The van der Waals surface area contributed by atoms with E-state index in [9.17, 15) is 13.2 Å². The lowest BCUT2D eigenvalue weighted by Crippen LogP contribution is -2.39. The fourth-order valence-electron chi connectivity index (χ4n) is 2.32. The van der Waals surface area contributed by atoms with Gasteiger partial charge >= 0.3 is 6.36 Å². The van der Waals surface area contributed by atoms with Gasteiger partial charge in [-0.15, -0.1) is 48.5 Å². The van der Waals surface area contributed by atoms with Crippen molar-refractivity contribution in [2.75, 3.05) is 20.1 Å². The molecule has 0 saturated heterocycles. The molecule has 0 spiro atoms. The maximum absolute atomic E-state index is 12.1. The van der Waals surface area contributed by atoms with Gasteiger partial charge in [-0.3, -0.25) is 4.99 Å². The van der Waals surface area contributed by atoms with E-state index in [4.69, 9.17) is 0 Å². The van der Waals surface area contributed by atoms with E-state index in [1.165, 1.54) is 17.0 Å². The average molecular weight is 528 g/mol. The smallest absolute Gasteiger partial charge is 0.406 e. The lowest BCUT2D eigenvalue weighted by Gasteiger charge is -2.12. The molecule has 2 N–H and O–H groups in total. The first-order valence-corrected chi connectivity index (χ1v) is 9.44. The molecule has 1 aromatic heterocycles. The molecule has 0 saturated carbocycles. The van der Waals surface area contributed by atoms with Gasteiger partial charge in [0.1, 0.15) is 5.75 Å². The number of nitrogens with one attached hydrogen (secondary N) is 2. The van der Waals surface area contributed by atoms with Crippen molar-refractivity contribution in [2.24, 2.45) is 4.99 Å². The Kier molecular flexibility index (Phi) is 10.6. The van der Waals surface area contributed by atoms with Crippen LogP contribution in [0.2, 0.25) is 0 Å². The monoisotopic (exact) mass is 528 g/mol. The van der Waals surface area contributed by atoms with Gasteiger partial charge in [0.25, 0.3) is 0 Å². The molecule has 0 atom stereocenters. The van der Waals surface area contributed by atoms with Gasteiger partial charge in [-0.1, -0.05) is 19.1 Å². The van der Waals surface area contributed by atoms with Crippen molar-refractivity contribution in [3.63, 3.8) is 0 Å². The van der Waals surface area contributed by atoms with Gasteiger partial charge in [-0.25, -0.2) is 4.98 Å². The van der Waals surface area contributed by atoms with Crippen LogP contribution in [0, 0.1) is 0 Å². The van der Waals surface area contributed by atoms with Crippen LogP contribution in [0.4, 0.5) is 13.2 Å². The third kappa shape index (κ3) is 9.09. The van der Waals surface area contributed by atoms with Crippen LogP contribution in [0.3, 0.4) is 0 Å². The van der Waals surface area contributed by atoms with E-state index in [0.29, 0.717) is 18.9 Å². The molecule has 5 nitrogen and oxygen atoms in total. The predicted molar refractivity (Wildman–Crippen MR) is 117 cm³/mol. The second kappa shape index (κ2) is 12.1. The Hall–Kier alpha value is -1.56. The molecule has 156 valence electrons. The van der Waals surface area contributed by atoms with E-state index in [1.54, 1.807) is 30.5 Å². The van der Waals surface area contributed by atoms with Crippen LogP contribution in [0.15, 0.2) is 35.5 Å². The highest BCUT2D eigenvalue weighted by Gasteiger charge is 2.30. The van der Waals surface area contributed by atoms with Crippen LogP contribution in [0.1, 0.15) is 22.4 Å². The minimum absolute atomic E-state index is 0. The molecular weight excluding hydrogens is 504 g/mol. The molecule has 28 heavy (non-hydrogen) atoms. The summed E-state index contributed by atoms with van der Waals surface area (Å²) in [7, 11) is 1.69. The highest BCUT2D eigenvalue weighted by atomic mass is 127. The van der Waals surface area contributed by atoms with E-state index < -0.39 is 6.36 Å². The molecule has 2 rings (SSSR count). The summed E-state index contributed by atoms with van der Waals surface area (Å²) in [6, 6.07) is 5.86. The summed E-state index contributed by atoms with van der Waals surface area (Å²) in [6.07, 6.45) is -0.279. The number of ether oxygens (including phenoxy) is 1. The number of alkyl halides is 3. The Morgan fingerprint density at radius 3 is 2.32 bits per heavy atom. The minimum atomic E-state index is -4.67. The molecule has 1 aromatic carbocycles. The Labute approximate surface area is 183 Å². The van der Waals surface area contributed by atoms with Crippen molar-refractivity contribution >= 4 is 41.3 Å². The van der Waals surface area contributed by atoms with Crippen molar-refractivity contribution in [2.45, 2.75) is 32.5 Å². The zero-order valence-corrected chi connectivity index (χ0v) is 18.8. The summed E-state index contributed by atoms with van der Waals surface area (Å²) >= 11 is 1.72. The first-order valence-electron chi connectivity index (χ1n) is 8.62. The molecule has 0 fully saturated rings. The number of benzene rings is 1. The second-order valence-corrected chi connectivity index (χ2v) is 6.89. The topological polar surface area (TPSA) is 58.5 Å². The first kappa shape index (κ1) is 24.5. The number of aliphatic imine (C=N–C) groups is 1.